The summed E-state index contributed by atoms with van der Waals surface area (Å²) in [6.07, 6.45) is 4.67. The molecule has 2 atom stereocenters. The molecule has 2 amide bonds. The number of piperazine rings is 1. The quantitative estimate of drug-likeness (QED) is 0.578. The number of carbonyl (C=O) groups is 2. The van der Waals surface area contributed by atoms with E-state index in [0.29, 0.717) is 37.7 Å². The first-order valence-corrected chi connectivity index (χ1v) is 13.1. The standard InChI is InChI=1S/C27H37ClN4O3/c1-5-14-35-27(34)31-12-13-32(18(2)17-31)26(33)20-7-8-21-24(16-20)29-23-9-6-19(10-11-30(3)4)15-22(23)25(21)28/h7-8,16,18-19H,5-6,9-15,17H2,1-4H3/t18-,19?/m0/s1. The van der Waals surface area contributed by atoms with E-state index in [1.54, 1.807) is 4.90 Å². The minimum Gasteiger partial charge on any atom is -0.449 e. The number of halogens is 1. The molecule has 0 bridgehead atoms. The Balaban J connectivity index is 1.49. The second-order valence-corrected chi connectivity index (χ2v) is 10.6. The summed E-state index contributed by atoms with van der Waals surface area (Å²) in [7, 11) is 4.22. The van der Waals surface area contributed by atoms with Crippen LogP contribution < -0.4 is 0 Å². The molecule has 2 heterocycles. The maximum atomic E-state index is 13.4. The van der Waals surface area contributed by atoms with Crippen molar-refractivity contribution in [3.63, 3.8) is 0 Å². The molecule has 2 aliphatic rings. The zero-order chi connectivity index (χ0) is 25.1. The van der Waals surface area contributed by atoms with Crippen LogP contribution in [0.1, 0.15) is 54.7 Å². The molecule has 190 valence electrons. The molecule has 1 unspecified atom stereocenters. The van der Waals surface area contributed by atoms with Crippen molar-refractivity contribution in [1.82, 2.24) is 19.7 Å². The van der Waals surface area contributed by atoms with E-state index in [1.165, 1.54) is 5.56 Å². The average molecular weight is 501 g/mol. The molecule has 7 nitrogen and oxygen atoms in total. The van der Waals surface area contributed by atoms with Gasteiger partial charge in [-0.3, -0.25) is 9.78 Å². The molecule has 1 aliphatic carbocycles. The smallest absolute Gasteiger partial charge is 0.409 e. The highest BCUT2D eigenvalue weighted by atomic mass is 35.5. The van der Waals surface area contributed by atoms with Gasteiger partial charge in [-0.05, 0) is 83.3 Å². The normalized spacial score (nSPS) is 20.3. The molecule has 1 aliphatic heterocycles. The average Bonchev–Trinajstić information content (AvgIpc) is 2.85. The number of carbonyl (C=O) groups excluding carboxylic acids is 2. The van der Waals surface area contributed by atoms with Crippen LogP contribution in [0.2, 0.25) is 5.02 Å². The van der Waals surface area contributed by atoms with Crippen molar-refractivity contribution in [3.8, 4) is 0 Å². The SMILES string of the molecule is CCCOC(=O)N1CCN(C(=O)c2ccc3c(Cl)c4c(nc3c2)CCC(CCN(C)C)C4)[C@@H](C)C1. The lowest BCUT2D eigenvalue weighted by Crippen LogP contribution is -2.55. The van der Waals surface area contributed by atoms with E-state index in [9.17, 15) is 9.59 Å². The van der Waals surface area contributed by atoms with Gasteiger partial charge in [0.25, 0.3) is 5.91 Å². The van der Waals surface area contributed by atoms with E-state index in [2.05, 4.69) is 19.0 Å². The third-order valence-corrected chi connectivity index (χ3v) is 7.62. The number of amides is 2. The molecule has 1 aromatic heterocycles. The first-order valence-electron chi connectivity index (χ1n) is 12.8. The molecule has 8 heteroatoms. The Bertz CT molecular complexity index is 1090. The number of aromatic nitrogens is 1. The number of aryl methyl sites for hydroxylation is 1. The Hall–Kier alpha value is -2.38. The number of benzene rings is 1. The molecule has 0 radical (unpaired) electrons. The molecule has 1 aromatic carbocycles. The number of rotatable bonds is 6. The first kappa shape index (κ1) is 25.7. The van der Waals surface area contributed by atoms with E-state index >= 15 is 0 Å². The summed E-state index contributed by atoms with van der Waals surface area (Å²) >= 11 is 6.88. The topological polar surface area (TPSA) is 66.0 Å². The van der Waals surface area contributed by atoms with Gasteiger partial charge in [-0.1, -0.05) is 24.6 Å². The molecular formula is C27H37ClN4O3. The van der Waals surface area contributed by atoms with Crippen LogP contribution in [-0.2, 0) is 17.6 Å². The summed E-state index contributed by atoms with van der Waals surface area (Å²) in [4.78, 5) is 36.3. The Morgan fingerprint density at radius 1 is 1.26 bits per heavy atom. The van der Waals surface area contributed by atoms with Crippen molar-refractivity contribution < 1.29 is 14.3 Å². The fourth-order valence-electron chi connectivity index (χ4n) is 5.15. The number of hydrogen-bond acceptors (Lipinski definition) is 5. The van der Waals surface area contributed by atoms with Crippen LogP contribution in [-0.4, -0.2) is 84.6 Å². The van der Waals surface area contributed by atoms with Crippen molar-refractivity contribution in [3.05, 3.63) is 40.0 Å². The van der Waals surface area contributed by atoms with Gasteiger partial charge in [0.2, 0.25) is 0 Å². The summed E-state index contributed by atoms with van der Waals surface area (Å²) in [6, 6.07) is 5.56. The molecule has 1 fully saturated rings. The van der Waals surface area contributed by atoms with E-state index in [1.807, 2.05) is 36.9 Å². The van der Waals surface area contributed by atoms with Crippen LogP contribution in [0.4, 0.5) is 4.79 Å². The zero-order valence-corrected chi connectivity index (χ0v) is 22.1. The highest BCUT2D eigenvalue weighted by Crippen LogP contribution is 2.36. The predicted octanol–water partition coefficient (Wildman–Crippen LogP) is 4.64. The Labute approximate surface area is 213 Å². The Morgan fingerprint density at radius 2 is 2.06 bits per heavy atom. The fourth-order valence-corrected chi connectivity index (χ4v) is 5.50. The van der Waals surface area contributed by atoms with Crippen molar-refractivity contribution >= 4 is 34.5 Å². The number of pyridine rings is 1. The maximum absolute atomic E-state index is 13.4. The molecule has 0 spiro atoms. The van der Waals surface area contributed by atoms with E-state index in [4.69, 9.17) is 21.3 Å². The number of nitrogens with zero attached hydrogens (tertiary/aromatic N) is 4. The number of hydrogen-bond donors (Lipinski definition) is 0. The zero-order valence-electron chi connectivity index (χ0n) is 21.3. The van der Waals surface area contributed by atoms with Gasteiger partial charge in [-0.25, -0.2) is 4.79 Å². The lowest BCUT2D eigenvalue weighted by Gasteiger charge is -2.39. The van der Waals surface area contributed by atoms with Gasteiger partial charge in [-0.2, -0.15) is 0 Å². The van der Waals surface area contributed by atoms with Gasteiger partial charge in [-0.15, -0.1) is 0 Å². The minimum absolute atomic E-state index is 0.0413. The third-order valence-electron chi connectivity index (χ3n) is 7.19. The second-order valence-electron chi connectivity index (χ2n) is 10.2. The molecular weight excluding hydrogens is 464 g/mol. The van der Waals surface area contributed by atoms with Gasteiger partial charge in [0.15, 0.2) is 0 Å². The summed E-state index contributed by atoms with van der Waals surface area (Å²) < 4.78 is 5.26. The Kier molecular flexibility index (Phi) is 8.17. The van der Waals surface area contributed by atoms with E-state index < -0.39 is 0 Å². The van der Waals surface area contributed by atoms with Gasteiger partial charge in [0.05, 0.1) is 17.1 Å². The van der Waals surface area contributed by atoms with Crippen LogP contribution >= 0.6 is 11.6 Å². The van der Waals surface area contributed by atoms with Crippen LogP contribution in [0.25, 0.3) is 10.9 Å². The molecule has 4 rings (SSSR count). The molecule has 2 aromatic rings. The van der Waals surface area contributed by atoms with E-state index in [-0.39, 0.29) is 18.0 Å². The van der Waals surface area contributed by atoms with Crippen molar-refractivity contribution in [1.29, 1.82) is 0 Å². The van der Waals surface area contributed by atoms with Gasteiger partial charge >= 0.3 is 6.09 Å². The van der Waals surface area contributed by atoms with Crippen LogP contribution in [0, 0.1) is 5.92 Å². The van der Waals surface area contributed by atoms with Crippen molar-refractivity contribution in [2.45, 2.75) is 52.0 Å². The van der Waals surface area contributed by atoms with E-state index in [0.717, 1.165) is 60.3 Å². The predicted molar refractivity (Wildman–Crippen MR) is 139 cm³/mol. The van der Waals surface area contributed by atoms with Crippen LogP contribution in [0.5, 0.6) is 0 Å². The second kappa shape index (κ2) is 11.1. The first-order chi connectivity index (χ1) is 16.8. The van der Waals surface area contributed by atoms with Crippen molar-refractivity contribution in [2.24, 2.45) is 5.92 Å². The molecule has 1 saturated heterocycles. The Morgan fingerprint density at radius 3 is 2.77 bits per heavy atom. The van der Waals surface area contributed by atoms with Gasteiger partial charge in [0.1, 0.15) is 0 Å². The fraction of sp³-hybridized carbons (Fsp3) is 0.593. The van der Waals surface area contributed by atoms with Gasteiger partial charge < -0.3 is 19.4 Å². The molecule has 0 saturated carbocycles. The number of ether oxygens (including phenoxy) is 1. The highest BCUT2D eigenvalue weighted by molar-refractivity contribution is 6.36. The summed E-state index contributed by atoms with van der Waals surface area (Å²) in [5.74, 6) is 0.585. The number of fused-ring (bicyclic) bond motifs is 2. The third kappa shape index (κ3) is 5.72. The maximum Gasteiger partial charge on any atom is 0.409 e. The van der Waals surface area contributed by atoms with Crippen LogP contribution in [0.3, 0.4) is 0 Å². The molecule has 0 N–H and O–H groups in total. The monoisotopic (exact) mass is 500 g/mol. The minimum atomic E-state index is -0.302. The summed E-state index contributed by atoms with van der Waals surface area (Å²) in [5.41, 5.74) is 3.63. The molecule has 35 heavy (non-hydrogen) atoms. The van der Waals surface area contributed by atoms with Crippen LogP contribution in [0.15, 0.2) is 18.2 Å². The lowest BCUT2D eigenvalue weighted by molar-refractivity contribution is 0.0414. The summed E-state index contributed by atoms with van der Waals surface area (Å²) in [6.45, 7) is 6.85. The highest BCUT2D eigenvalue weighted by Gasteiger charge is 2.31. The lowest BCUT2D eigenvalue weighted by atomic mass is 9.84. The largest absolute Gasteiger partial charge is 0.449 e. The van der Waals surface area contributed by atoms with Crippen molar-refractivity contribution in [2.75, 3.05) is 46.9 Å². The summed E-state index contributed by atoms with van der Waals surface area (Å²) in [5, 5.41) is 1.69. The van der Waals surface area contributed by atoms with Gasteiger partial charge in [0, 0.05) is 42.3 Å².